The van der Waals surface area contributed by atoms with E-state index in [9.17, 15) is 22.4 Å². The molecule has 0 spiro atoms. The second-order valence-corrected chi connectivity index (χ2v) is 4.07. The van der Waals surface area contributed by atoms with Crippen LogP contribution in [0.3, 0.4) is 0 Å². The Balaban J connectivity index is 2.53. The van der Waals surface area contributed by atoms with Crippen molar-refractivity contribution in [2.24, 2.45) is 0 Å². The number of carbonyl (C=O) groups is 1. The van der Waals surface area contributed by atoms with Crippen LogP contribution in [0.15, 0.2) is 30.3 Å². The number of benzene rings is 2. The number of carbonyl (C=O) groups excluding carboxylic acids is 1. The van der Waals surface area contributed by atoms with Crippen molar-refractivity contribution in [2.45, 2.75) is 6.92 Å². The van der Waals surface area contributed by atoms with Crippen molar-refractivity contribution in [1.82, 2.24) is 0 Å². The lowest BCUT2D eigenvalue weighted by molar-refractivity contribution is 0.103. The number of ketones is 1. The fourth-order valence-electron chi connectivity index (χ4n) is 1.72. The van der Waals surface area contributed by atoms with Crippen molar-refractivity contribution in [2.75, 3.05) is 0 Å². The number of aryl methyl sites for hydroxylation is 1. The van der Waals surface area contributed by atoms with Gasteiger partial charge in [0.05, 0.1) is 5.56 Å². The van der Waals surface area contributed by atoms with Gasteiger partial charge in [-0.2, -0.15) is 0 Å². The predicted octanol–water partition coefficient (Wildman–Crippen LogP) is 3.78. The molecule has 0 aliphatic carbocycles. The van der Waals surface area contributed by atoms with Crippen LogP contribution in [0.2, 0.25) is 0 Å². The van der Waals surface area contributed by atoms with Crippen molar-refractivity contribution in [3.63, 3.8) is 0 Å². The Hall–Kier alpha value is -2.17. The Labute approximate surface area is 106 Å². The van der Waals surface area contributed by atoms with Gasteiger partial charge >= 0.3 is 0 Å². The number of hydrogen-bond acceptors (Lipinski definition) is 1. The lowest BCUT2D eigenvalue weighted by Gasteiger charge is -2.05. The summed E-state index contributed by atoms with van der Waals surface area (Å²) in [5, 5.41) is 0. The van der Waals surface area contributed by atoms with Gasteiger partial charge in [0, 0.05) is 5.56 Å². The van der Waals surface area contributed by atoms with Gasteiger partial charge in [0.25, 0.3) is 0 Å². The molecule has 0 saturated heterocycles. The van der Waals surface area contributed by atoms with Gasteiger partial charge in [-0.3, -0.25) is 4.79 Å². The molecule has 0 amide bonds. The highest BCUT2D eigenvalue weighted by Crippen LogP contribution is 2.19. The predicted molar refractivity (Wildman–Crippen MR) is 60.9 cm³/mol. The summed E-state index contributed by atoms with van der Waals surface area (Å²) in [5.41, 5.74) is -0.294. The van der Waals surface area contributed by atoms with Crippen molar-refractivity contribution in [3.8, 4) is 0 Å². The van der Waals surface area contributed by atoms with Gasteiger partial charge in [0.1, 0.15) is 5.82 Å². The molecule has 19 heavy (non-hydrogen) atoms. The van der Waals surface area contributed by atoms with Gasteiger partial charge in [-0.25, -0.2) is 17.6 Å². The molecule has 2 rings (SSSR count). The van der Waals surface area contributed by atoms with E-state index in [0.717, 1.165) is 12.1 Å². The van der Waals surface area contributed by atoms with Crippen LogP contribution in [-0.2, 0) is 0 Å². The zero-order chi connectivity index (χ0) is 14.2. The molecule has 0 fully saturated rings. The van der Waals surface area contributed by atoms with Crippen LogP contribution in [-0.4, -0.2) is 5.78 Å². The standard InChI is InChI=1S/C14H8F4O/c1-7-4-8(6-9(15)5-7)14(19)10-2-3-11(16)13(18)12(10)17/h2-6H,1H3. The summed E-state index contributed by atoms with van der Waals surface area (Å²) in [6.07, 6.45) is 0. The summed E-state index contributed by atoms with van der Waals surface area (Å²) in [4.78, 5) is 11.9. The maximum atomic E-state index is 13.5. The van der Waals surface area contributed by atoms with Crippen LogP contribution in [0.4, 0.5) is 17.6 Å². The van der Waals surface area contributed by atoms with Crippen LogP contribution in [0.25, 0.3) is 0 Å². The van der Waals surface area contributed by atoms with E-state index in [1.165, 1.54) is 12.1 Å². The Kier molecular flexibility index (Phi) is 3.38. The summed E-state index contributed by atoms with van der Waals surface area (Å²) in [6.45, 7) is 1.56. The molecule has 0 bridgehead atoms. The van der Waals surface area contributed by atoms with Crippen LogP contribution >= 0.6 is 0 Å². The smallest absolute Gasteiger partial charge is 0.196 e. The Morgan fingerprint density at radius 1 is 0.947 bits per heavy atom. The molecule has 0 aliphatic rings. The summed E-state index contributed by atoms with van der Waals surface area (Å²) in [7, 11) is 0. The average molecular weight is 268 g/mol. The Bertz CT molecular complexity index is 644. The van der Waals surface area contributed by atoms with E-state index in [-0.39, 0.29) is 5.56 Å². The average Bonchev–Trinajstić information content (AvgIpc) is 2.34. The van der Waals surface area contributed by atoms with Gasteiger partial charge in [0.2, 0.25) is 0 Å². The topological polar surface area (TPSA) is 17.1 Å². The largest absolute Gasteiger partial charge is 0.288 e. The van der Waals surface area contributed by atoms with Crippen LogP contribution in [0, 0.1) is 30.2 Å². The van der Waals surface area contributed by atoms with Crippen LogP contribution in [0.5, 0.6) is 0 Å². The molecule has 2 aromatic carbocycles. The monoisotopic (exact) mass is 268 g/mol. The highest BCUT2D eigenvalue weighted by molar-refractivity contribution is 6.09. The highest BCUT2D eigenvalue weighted by atomic mass is 19.2. The normalized spacial score (nSPS) is 10.6. The molecule has 1 nitrogen and oxygen atoms in total. The minimum atomic E-state index is -1.72. The van der Waals surface area contributed by atoms with Gasteiger partial charge in [-0.1, -0.05) is 0 Å². The fourth-order valence-corrected chi connectivity index (χ4v) is 1.72. The molecule has 2 aromatic rings. The molecule has 0 atom stereocenters. The third-order valence-electron chi connectivity index (χ3n) is 2.58. The first kappa shape index (κ1) is 13.3. The minimum Gasteiger partial charge on any atom is -0.288 e. The second-order valence-electron chi connectivity index (χ2n) is 4.07. The number of halogens is 4. The first-order chi connectivity index (χ1) is 8.90. The number of rotatable bonds is 2. The summed E-state index contributed by atoms with van der Waals surface area (Å²) in [5.74, 6) is -6.25. The molecule has 0 radical (unpaired) electrons. The van der Waals surface area contributed by atoms with E-state index >= 15 is 0 Å². The van der Waals surface area contributed by atoms with Crippen LogP contribution in [0.1, 0.15) is 21.5 Å². The summed E-state index contributed by atoms with van der Waals surface area (Å²) < 4.78 is 52.5. The molecule has 0 saturated carbocycles. The van der Waals surface area contributed by atoms with Gasteiger partial charge < -0.3 is 0 Å². The lowest BCUT2D eigenvalue weighted by Crippen LogP contribution is -2.08. The lowest BCUT2D eigenvalue weighted by atomic mass is 10.0. The molecule has 0 heterocycles. The minimum absolute atomic E-state index is 0.123. The van der Waals surface area contributed by atoms with Gasteiger partial charge in [-0.15, -0.1) is 0 Å². The summed E-state index contributed by atoms with van der Waals surface area (Å²) >= 11 is 0. The molecule has 5 heteroatoms. The van der Waals surface area contributed by atoms with E-state index in [1.54, 1.807) is 6.92 Å². The third kappa shape index (κ3) is 2.50. The Morgan fingerprint density at radius 3 is 2.26 bits per heavy atom. The molecule has 0 N–H and O–H groups in total. The highest BCUT2D eigenvalue weighted by Gasteiger charge is 2.20. The zero-order valence-electron chi connectivity index (χ0n) is 9.81. The Morgan fingerprint density at radius 2 is 1.63 bits per heavy atom. The first-order valence-electron chi connectivity index (χ1n) is 5.35. The van der Waals surface area contributed by atoms with Crippen molar-refractivity contribution in [1.29, 1.82) is 0 Å². The van der Waals surface area contributed by atoms with Crippen molar-refractivity contribution in [3.05, 3.63) is 70.3 Å². The molecule has 98 valence electrons. The van der Waals surface area contributed by atoms with Crippen molar-refractivity contribution >= 4 is 5.78 Å². The summed E-state index contributed by atoms with van der Waals surface area (Å²) in [6, 6.07) is 4.93. The molecule has 0 unspecified atom stereocenters. The van der Waals surface area contributed by atoms with Crippen LogP contribution < -0.4 is 0 Å². The van der Waals surface area contributed by atoms with Gasteiger partial charge in [-0.05, 0) is 42.8 Å². The van der Waals surface area contributed by atoms with E-state index in [1.807, 2.05) is 0 Å². The molecular weight excluding hydrogens is 260 g/mol. The maximum absolute atomic E-state index is 13.5. The second kappa shape index (κ2) is 4.84. The van der Waals surface area contributed by atoms with E-state index in [0.29, 0.717) is 11.6 Å². The quantitative estimate of drug-likeness (QED) is 0.460. The SMILES string of the molecule is Cc1cc(F)cc(C(=O)c2ccc(F)c(F)c2F)c1. The molecular formula is C14H8F4O. The number of hydrogen-bond donors (Lipinski definition) is 0. The fraction of sp³-hybridized carbons (Fsp3) is 0.0714. The van der Waals surface area contributed by atoms with Crippen molar-refractivity contribution < 1.29 is 22.4 Å². The zero-order valence-corrected chi connectivity index (χ0v) is 9.81. The first-order valence-corrected chi connectivity index (χ1v) is 5.35. The van der Waals surface area contributed by atoms with Gasteiger partial charge in [0.15, 0.2) is 23.2 Å². The third-order valence-corrected chi connectivity index (χ3v) is 2.58. The molecule has 0 aliphatic heterocycles. The molecule has 0 aromatic heterocycles. The van der Waals surface area contributed by atoms with E-state index in [4.69, 9.17) is 0 Å². The maximum Gasteiger partial charge on any atom is 0.196 e. The van der Waals surface area contributed by atoms with E-state index in [2.05, 4.69) is 0 Å². The van der Waals surface area contributed by atoms with E-state index < -0.39 is 34.6 Å².